The molecular formula is C32H28FN3O4S. The summed E-state index contributed by atoms with van der Waals surface area (Å²) in [5, 5.41) is 4.63. The van der Waals surface area contributed by atoms with Gasteiger partial charge in [0.2, 0.25) is 10.0 Å². The summed E-state index contributed by atoms with van der Waals surface area (Å²) in [6.07, 6.45) is 3.43. The van der Waals surface area contributed by atoms with Crippen LogP contribution in [0.4, 0.5) is 10.1 Å². The van der Waals surface area contributed by atoms with E-state index in [1.807, 2.05) is 32.0 Å². The van der Waals surface area contributed by atoms with Gasteiger partial charge in [-0.05, 0) is 77.0 Å². The molecule has 0 spiro atoms. The van der Waals surface area contributed by atoms with E-state index in [0.717, 1.165) is 21.9 Å². The lowest BCUT2D eigenvalue weighted by Crippen LogP contribution is -2.27. The number of hydrogen-bond acceptors (Lipinski definition) is 5. The molecule has 4 aromatic carbocycles. The fourth-order valence-corrected chi connectivity index (χ4v) is 5.35. The highest BCUT2D eigenvalue weighted by atomic mass is 32.2. The summed E-state index contributed by atoms with van der Waals surface area (Å²) >= 11 is 0. The maximum absolute atomic E-state index is 14.1. The van der Waals surface area contributed by atoms with Gasteiger partial charge in [-0.2, -0.15) is 0 Å². The Balaban J connectivity index is 1.30. The Hall–Kier alpha value is -4.60. The molecule has 2 N–H and O–H groups in total. The molecule has 1 heterocycles. The Kier molecular flexibility index (Phi) is 8.09. The van der Waals surface area contributed by atoms with Crippen molar-refractivity contribution in [3.05, 3.63) is 115 Å². The highest BCUT2D eigenvalue weighted by Gasteiger charge is 2.15. The van der Waals surface area contributed by atoms with Crippen LogP contribution in [0.25, 0.3) is 21.9 Å². The normalized spacial score (nSPS) is 11.5. The lowest BCUT2D eigenvalue weighted by molar-refractivity contribution is 0.102. The fourth-order valence-electron chi connectivity index (χ4n) is 4.14. The first kappa shape index (κ1) is 27.9. The lowest BCUT2D eigenvalue weighted by atomic mass is 10.0. The number of ether oxygens (including phenoxy) is 1. The van der Waals surface area contributed by atoms with Crippen LogP contribution >= 0.6 is 0 Å². The Bertz CT molecular complexity index is 1810. The second kappa shape index (κ2) is 11.9. The van der Waals surface area contributed by atoms with Crippen molar-refractivity contribution in [1.82, 2.24) is 9.71 Å². The molecule has 0 bridgehead atoms. The van der Waals surface area contributed by atoms with Crippen molar-refractivity contribution in [1.29, 1.82) is 0 Å². The number of carbonyl (C=O) groups is 1. The SMILES string of the molecule is CC(C)CNS(=O)(=O)c1ccc(-c2ccc(C(=O)Nc3cc(F)ccc3Oc3ccc4ccncc4c3)cc2)cc1. The van der Waals surface area contributed by atoms with Crippen LogP contribution in [0.1, 0.15) is 24.2 Å². The summed E-state index contributed by atoms with van der Waals surface area (Å²) in [5.41, 5.74) is 2.15. The molecule has 0 saturated heterocycles. The minimum absolute atomic E-state index is 0.186. The Morgan fingerprint density at radius 3 is 2.29 bits per heavy atom. The number of pyridine rings is 1. The van der Waals surface area contributed by atoms with E-state index in [4.69, 9.17) is 4.74 Å². The minimum Gasteiger partial charge on any atom is -0.455 e. The number of anilines is 1. The summed E-state index contributed by atoms with van der Waals surface area (Å²) < 4.78 is 47.6. The molecule has 5 aromatic rings. The maximum Gasteiger partial charge on any atom is 0.255 e. The monoisotopic (exact) mass is 569 g/mol. The fraction of sp³-hybridized carbons (Fsp3) is 0.125. The van der Waals surface area contributed by atoms with Gasteiger partial charge >= 0.3 is 0 Å². The second-order valence-electron chi connectivity index (χ2n) is 9.93. The zero-order chi connectivity index (χ0) is 29.0. The molecule has 1 aromatic heterocycles. The summed E-state index contributed by atoms with van der Waals surface area (Å²) in [6.45, 7) is 4.23. The van der Waals surface area contributed by atoms with Gasteiger partial charge in [0.1, 0.15) is 11.6 Å². The Morgan fingerprint density at radius 1 is 0.878 bits per heavy atom. The van der Waals surface area contributed by atoms with E-state index in [2.05, 4.69) is 15.0 Å². The number of carbonyl (C=O) groups excluding carboxylic acids is 1. The van der Waals surface area contributed by atoms with Gasteiger partial charge in [0, 0.05) is 36.0 Å². The van der Waals surface area contributed by atoms with Crippen LogP contribution in [0.2, 0.25) is 0 Å². The molecule has 41 heavy (non-hydrogen) atoms. The second-order valence-corrected chi connectivity index (χ2v) is 11.7. The molecule has 0 saturated carbocycles. The number of sulfonamides is 1. The number of halogens is 1. The number of nitrogens with zero attached hydrogens (tertiary/aromatic N) is 1. The van der Waals surface area contributed by atoms with Crippen LogP contribution < -0.4 is 14.8 Å². The molecule has 0 fully saturated rings. The summed E-state index contributed by atoms with van der Waals surface area (Å²) in [5.74, 6) is 0.0501. The van der Waals surface area contributed by atoms with Crippen molar-refractivity contribution in [3.8, 4) is 22.6 Å². The molecule has 0 aliphatic carbocycles. The number of hydrogen-bond donors (Lipinski definition) is 2. The van der Waals surface area contributed by atoms with Crippen molar-refractivity contribution < 1.29 is 22.3 Å². The van der Waals surface area contributed by atoms with Gasteiger partial charge in [-0.25, -0.2) is 17.5 Å². The molecule has 5 rings (SSSR count). The zero-order valence-corrected chi connectivity index (χ0v) is 23.3. The molecule has 0 aliphatic heterocycles. The topological polar surface area (TPSA) is 97.4 Å². The number of fused-ring (bicyclic) bond motifs is 1. The van der Waals surface area contributed by atoms with E-state index in [0.29, 0.717) is 17.9 Å². The molecule has 208 valence electrons. The van der Waals surface area contributed by atoms with Crippen LogP contribution in [0.5, 0.6) is 11.5 Å². The highest BCUT2D eigenvalue weighted by Crippen LogP contribution is 2.32. The average molecular weight is 570 g/mol. The Labute approximate surface area is 238 Å². The van der Waals surface area contributed by atoms with E-state index in [-0.39, 0.29) is 22.3 Å². The molecule has 0 unspecified atom stereocenters. The van der Waals surface area contributed by atoms with Gasteiger partial charge in [-0.15, -0.1) is 0 Å². The standard InChI is InChI=1S/C32H28FN3O4S/c1-21(2)19-35-41(38,39)29-12-8-23(9-13-29)22-3-5-25(6-4-22)32(37)36-30-18-27(33)10-14-31(30)40-28-11-7-24-15-16-34-20-26(24)17-28/h3-18,20-21,35H,19H2,1-2H3,(H,36,37). The van der Waals surface area contributed by atoms with Crippen molar-refractivity contribution in [2.75, 3.05) is 11.9 Å². The Morgan fingerprint density at radius 2 is 1.59 bits per heavy atom. The highest BCUT2D eigenvalue weighted by molar-refractivity contribution is 7.89. The summed E-state index contributed by atoms with van der Waals surface area (Å²) in [7, 11) is -3.58. The van der Waals surface area contributed by atoms with Crippen molar-refractivity contribution >= 4 is 32.4 Å². The molecule has 9 heteroatoms. The van der Waals surface area contributed by atoms with Gasteiger partial charge < -0.3 is 10.1 Å². The average Bonchev–Trinajstić information content (AvgIpc) is 2.97. The summed E-state index contributed by atoms with van der Waals surface area (Å²) in [6, 6.07) is 24.7. The quantitative estimate of drug-likeness (QED) is 0.199. The van der Waals surface area contributed by atoms with E-state index >= 15 is 0 Å². The van der Waals surface area contributed by atoms with Gasteiger partial charge in [-0.3, -0.25) is 9.78 Å². The first-order chi connectivity index (χ1) is 19.7. The smallest absolute Gasteiger partial charge is 0.255 e. The number of amides is 1. The number of benzene rings is 4. The van der Waals surface area contributed by atoms with Crippen molar-refractivity contribution in [2.45, 2.75) is 18.7 Å². The van der Waals surface area contributed by atoms with Gasteiger partial charge in [0.05, 0.1) is 10.6 Å². The van der Waals surface area contributed by atoms with Crippen LogP contribution in [-0.2, 0) is 10.0 Å². The molecule has 1 amide bonds. The number of aromatic nitrogens is 1. The number of rotatable bonds is 9. The maximum atomic E-state index is 14.1. The van der Waals surface area contributed by atoms with Crippen LogP contribution in [-0.4, -0.2) is 25.9 Å². The van der Waals surface area contributed by atoms with Crippen molar-refractivity contribution in [2.24, 2.45) is 5.92 Å². The van der Waals surface area contributed by atoms with E-state index in [1.54, 1.807) is 67.0 Å². The first-order valence-electron chi connectivity index (χ1n) is 13.0. The predicted molar refractivity (Wildman–Crippen MR) is 158 cm³/mol. The first-order valence-corrected chi connectivity index (χ1v) is 14.5. The third-order valence-corrected chi connectivity index (χ3v) is 7.80. The van der Waals surface area contributed by atoms with E-state index in [9.17, 15) is 17.6 Å². The largest absolute Gasteiger partial charge is 0.455 e. The third-order valence-electron chi connectivity index (χ3n) is 6.36. The van der Waals surface area contributed by atoms with Crippen LogP contribution in [0, 0.1) is 11.7 Å². The predicted octanol–water partition coefficient (Wildman–Crippen LogP) is 7.02. The van der Waals surface area contributed by atoms with E-state index in [1.165, 1.54) is 18.2 Å². The van der Waals surface area contributed by atoms with Crippen LogP contribution in [0.3, 0.4) is 0 Å². The van der Waals surface area contributed by atoms with Crippen LogP contribution in [0.15, 0.2) is 108 Å². The molecule has 0 radical (unpaired) electrons. The molecule has 7 nitrogen and oxygen atoms in total. The van der Waals surface area contributed by atoms with Crippen molar-refractivity contribution in [3.63, 3.8) is 0 Å². The lowest BCUT2D eigenvalue weighted by Gasteiger charge is -2.13. The van der Waals surface area contributed by atoms with E-state index < -0.39 is 21.7 Å². The number of nitrogens with one attached hydrogen (secondary N) is 2. The zero-order valence-electron chi connectivity index (χ0n) is 22.5. The van der Waals surface area contributed by atoms with Gasteiger partial charge in [0.15, 0.2) is 5.75 Å². The molecule has 0 aliphatic rings. The van der Waals surface area contributed by atoms with Gasteiger partial charge in [0.25, 0.3) is 5.91 Å². The molecular weight excluding hydrogens is 541 g/mol. The molecule has 0 atom stereocenters. The third kappa shape index (κ3) is 6.77. The summed E-state index contributed by atoms with van der Waals surface area (Å²) in [4.78, 5) is 17.4. The van der Waals surface area contributed by atoms with Gasteiger partial charge in [-0.1, -0.05) is 44.2 Å². The minimum atomic E-state index is -3.58.